The predicted molar refractivity (Wildman–Crippen MR) is 75.9 cm³/mol. The summed E-state index contributed by atoms with van der Waals surface area (Å²) in [6.07, 6.45) is 3.38. The Morgan fingerprint density at radius 3 is 2.65 bits per heavy atom. The van der Waals surface area contributed by atoms with Crippen LogP contribution in [0.1, 0.15) is 12.5 Å². The molecule has 0 aliphatic rings. The molecule has 1 aromatic heterocycles. The van der Waals surface area contributed by atoms with Crippen LogP contribution >= 0.6 is 0 Å². The third kappa shape index (κ3) is 3.20. The lowest BCUT2D eigenvalue weighted by atomic mass is 10.1. The Balaban J connectivity index is 2.13. The third-order valence-electron chi connectivity index (χ3n) is 2.74. The molecule has 0 aliphatic heterocycles. The van der Waals surface area contributed by atoms with E-state index in [2.05, 4.69) is 62.0 Å². The maximum Gasteiger partial charge on any atom is 0.184 e. The molecule has 2 rings (SSSR count). The Morgan fingerprint density at radius 2 is 1.94 bits per heavy atom. The highest BCUT2D eigenvalue weighted by atomic mass is 28.4. The summed E-state index contributed by atoms with van der Waals surface area (Å²) in [6, 6.07) is 8.43. The van der Waals surface area contributed by atoms with E-state index in [1.807, 2.05) is 0 Å². The second-order valence-electron chi connectivity index (χ2n) is 5.60. The first-order chi connectivity index (χ1) is 7.96. The molecular weight excluding hydrogens is 226 g/mol. The minimum absolute atomic E-state index is 0.292. The van der Waals surface area contributed by atoms with E-state index in [4.69, 9.17) is 4.43 Å². The number of fused-ring (bicyclic) bond motifs is 1. The van der Waals surface area contributed by atoms with Crippen LogP contribution in [0, 0.1) is 0 Å². The van der Waals surface area contributed by atoms with Crippen molar-refractivity contribution < 1.29 is 4.43 Å². The van der Waals surface area contributed by atoms with Crippen molar-refractivity contribution in [3.8, 4) is 0 Å². The highest BCUT2D eigenvalue weighted by Crippen LogP contribution is 2.20. The van der Waals surface area contributed by atoms with Gasteiger partial charge in [0.1, 0.15) is 0 Å². The number of hydrogen-bond donors (Lipinski definition) is 1. The zero-order valence-corrected chi connectivity index (χ0v) is 12.1. The minimum Gasteiger partial charge on any atom is -0.415 e. The maximum atomic E-state index is 6.08. The summed E-state index contributed by atoms with van der Waals surface area (Å²) in [5, 5.41) is 1.32. The van der Waals surface area contributed by atoms with Gasteiger partial charge in [0.15, 0.2) is 8.32 Å². The smallest absolute Gasteiger partial charge is 0.184 e. The summed E-state index contributed by atoms with van der Waals surface area (Å²) in [6.45, 7) is 8.87. The second kappa shape index (κ2) is 4.67. The van der Waals surface area contributed by atoms with Crippen LogP contribution in [0.2, 0.25) is 19.6 Å². The fourth-order valence-corrected chi connectivity index (χ4v) is 3.55. The van der Waals surface area contributed by atoms with Crippen LogP contribution in [-0.2, 0) is 10.8 Å². The summed E-state index contributed by atoms with van der Waals surface area (Å²) in [7, 11) is -1.43. The molecule has 0 saturated heterocycles. The zero-order valence-electron chi connectivity index (χ0n) is 11.1. The summed E-state index contributed by atoms with van der Waals surface area (Å²) < 4.78 is 6.08. The highest BCUT2D eigenvalue weighted by molar-refractivity contribution is 6.69. The van der Waals surface area contributed by atoms with Gasteiger partial charge in [-0.25, -0.2) is 0 Å². The SMILES string of the molecule is CC(Cc1c[nH]c2ccccc12)O[Si](C)(C)C. The molecule has 2 aromatic rings. The second-order valence-corrected chi connectivity index (χ2v) is 10.1. The monoisotopic (exact) mass is 247 g/mol. The van der Waals surface area contributed by atoms with E-state index in [-0.39, 0.29) is 0 Å². The fourth-order valence-electron chi connectivity index (χ4n) is 2.26. The van der Waals surface area contributed by atoms with Gasteiger partial charge in [0.25, 0.3) is 0 Å². The summed E-state index contributed by atoms with van der Waals surface area (Å²) in [5.41, 5.74) is 2.56. The van der Waals surface area contributed by atoms with Crippen molar-refractivity contribution in [1.82, 2.24) is 4.98 Å². The topological polar surface area (TPSA) is 25.0 Å². The number of para-hydroxylation sites is 1. The van der Waals surface area contributed by atoms with Crippen molar-refractivity contribution in [1.29, 1.82) is 0 Å². The average Bonchev–Trinajstić information content (AvgIpc) is 2.59. The molecule has 92 valence electrons. The van der Waals surface area contributed by atoms with Gasteiger partial charge in [0.05, 0.1) is 0 Å². The fraction of sp³-hybridized carbons (Fsp3) is 0.429. The van der Waals surface area contributed by atoms with Gasteiger partial charge in [-0.05, 0) is 44.6 Å². The molecule has 1 unspecified atom stereocenters. The molecule has 17 heavy (non-hydrogen) atoms. The minimum atomic E-state index is -1.43. The highest BCUT2D eigenvalue weighted by Gasteiger charge is 2.19. The van der Waals surface area contributed by atoms with Crippen LogP contribution < -0.4 is 0 Å². The van der Waals surface area contributed by atoms with Crippen LogP contribution in [0.4, 0.5) is 0 Å². The molecule has 0 fully saturated rings. The third-order valence-corrected chi connectivity index (χ3v) is 3.85. The van der Waals surface area contributed by atoms with E-state index < -0.39 is 8.32 Å². The summed E-state index contributed by atoms with van der Waals surface area (Å²) >= 11 is 0. The molecule has 1 aromatic carbocycles. The van der Waals surface area contributed by atoms with E-state index in [0.29, 0.717) is 6.10 Å². The molecule has 2 nitrogen and oxygen atoms in total. The number of H-pyrrole nitrogens is 1. The van der Waals surface area contributed by atoms with Crippen molar-refractivity contribution >= 4 is 19.2 Å². The number of benzene rings is 1. The van der Waals surface area contributed by atoms with Crippen LogP contribution in [0.5, 0.6) is 0 Å². The lowest BCUT2D eigenvalue weighted by Gasteiger charge is -2.23. The molecule has 0 radical (unpaired) electrons. The van der Waals surface area contributed by atoms with Crippen molar-refractivity contribution in [2.24, 2.45) is 0 Å². The van der Waals surface area contributed by atoms with E-state index in [0.717, 1.165) is 6.42 Å². The molecule has 0 spiro atoms. The Labute approximate surface area is 104 Å². The van der Waals surface area contributed by atoms with E-state index in [9.17, 15) is 0 Å². The van der Waals surface area contributed by atoms with Crippen LogP contribution in [-0.4, -0.2) is 19.4 Å². The molecule has 0 aliphatic carbocycles. The first-order valence-electron chi connectivity index (χ1n) is 6.18. The van der Waals surface area contributed by atoms with Gasteiger partial charge in [-0.2, -0.15) is 0 Å². The quantitative estimate of drug-likeness (QED) is 0.813. The first-order valence-corrected chi connectivity index (χ1v) is 9.59. The molecule has 1 N–H and O–H groups in total. The molecular formula is C14H21NOSi. The first kappa shape index (κ1) is 12.4. The molecule has 3 heteroatoms. The standard InChI is InChI=1S/C14H21NOSi/c1-11(16-17(2,3)4)9-12-10-15-14-8-6-5-7-13(12)14/h5-8,10-11,15H,9H2,1-4H3. The number of nitrogens with one attached hydrogen (secondary N) is 1. The average molecular weight is 247 g/mol. The van der Waals surface area contributed by atoms with Gasteiger partial charge >= 0.3 is 0 Å². The Kier molecular flexibility index (Phi) is 3.40. The largest absolute Gasteiger partial charge is 0.415 e. The van der Waals surface area contributed by atoms with Crippen molar-refractivity contribution in [2.75, 3.05) is 0 Å². The normalized spacial score (nSPS) is 14.1. The lowest BCUT2D eigenvalue weighted by Crippen LogP contribution is -2.31. The Hall–Kier alpha value is -1.06. The maximum absolute atomic E-state index is 6.08. The van der Waals surface area contributed by atoms with Crippen molar-refractivity contribution in [2.45, 2.75) is 39.1 Å². The van der Waals surface area contributed by atoms with Gasteiger partial charge in [-0.3, -0.25) is 0 Å². The Morgan fingerprint density at radius 1 is 1.24 bits per heavy atom. The number of aromatic nitrogens is 1. The van der Waals surface area contributed by atoms with E-state index >= 15 is 0 Å². The summed E-state index contributed by atoms with van der Waals surface area (Å²) in [5.74, 6) is 0. The number of aromatic amines is 1. The van der Waals surface area contributed by atoms with Crippen molar-refractivity contribution in [3.05, 3.63) is 36.0 Å². The molecule has 1 heterocycles. The van der Waals surface area contributed by atoms with Crippen LogP contribution in [0.25, 0.3) is 10.9 Å². The van der Waals surface area contributed by atoms with E-state index in [1.54, 1.807) is 0 Å². The van der Waals surface area contributed by atoms with Gasteiger partial charge < -0.3 is 9.41 Å². The molecule has 1 atom stereocenters. The Bertz CT molecular complexity index is 498. The van der Waals surface area contributed by atoms with Gasteiger partial charge in [-0.15, -0.1) is 0 Å². The zero-order chi connectivity index (χ0) is 12.5. The summed E-state index contributed by atoms with van der Waals surface area (Å²) in [4.78, 5) is 3.31. The molecule has 0 bridgehead atoms. The van der Waals surface area contributed by atoms with Gasteiger partial charge in [0.2, 0.25) is 0 Å². The van der Waals surface area contributed by atoms with Crippen molar-refractivity contribution in [3.63, 3.8) is 0 Å². The molecule has 0 saturated carbocycles. The van der Waals surface area contributed by atoms with Crippen LogP contribution in [0.3, 0.4) is 0 Å². The van der Waals surface area contributed by atoms with E-state index in [1.165, 1.54) is 16.5 Å². The van der Waals surface area contributed by atoms with Crippen LogP contribution in [0.15, 0.2) is 30.5 Å². The van der Waals surface area contributed by atoms with Gasteiger partial charge in [0, 0.05) is 23.2 Å². The predicted octanol–water partition coefficient (Wildman–Crippen LogP) is 3.95. The lowest BCUT2D eigenvalue weighted by molar-refractivity contribution is 0.215. The molecule has 0 amide bonds. The number of rotatable bonds is 4. The number of hydrogen-bond acceptors (Lipinski definition) is 1. The van der Waals surface area contributed by atoms with Gasteiger partial charge in [-0.1, -0.05) is 18.2 Å².